The molecule has 2 nitrogen and oxygen atoms in total. The molecule has 13 aromatic rings. The number of para-hydroxylation sites is 1. The molecule has 1 aliphatic rings. The van der Waals surface area contributed by atoms with Gasteiger partial charge in [-0.25, -0.2) is 0 Å². The van der Waals surface area contributed by atoms with E-state index < -0.39 is 5.41 Å². The minimum atomic E-state index is -0.463. The first-order valence-corrected chi connectivity index (χ1v) is 25.1. The molecule has 14 rings (SSSR count). The van der Waals surface area contributed by atoms with Crippen LogP contribution in [-0.2, 0) is 5.41 Å². The number of hydrogen-bond donors (Lipinski definition) is 0. The van der Waals surface area contributed by atoms with Gasteiger partial charge in [0.25, 0.3) is 0 Å². The molecule has 0 atom stereocenters. The van der Waals surface area contributed by atoms with Crippen LogP contribution < -0.4 is 4.90 Å². The van der Waals surface area contributed by atoms with Gasteiger partial charge in [0.15, 0.2) is 0 Å². The van der Waals surface area contributed by atoms with Crippen molar-refractivity contribution in [3.05, 3.63) is 307 Å². The Morgan fingerprint density at radius 2 is 0.726 bits per heavy atom. The number of benzene rings is 12. The van der Waals surface area contributed by atoms with Crippen LogP contribution in [-0.4, -0.2) is 0 Å². The molecule has 1 aromatic heterocycles. The largest absolute Gasteiger partial charge is 0.456 e. The van der Waals surface area contributed by atoms with Crippen LogP contribution in [0.5, 0.6) is 0 Å². The Balaban J connectivity index is 0.842. The minimum Gasteiger partial charge on any atom is -0.456 e. The summed E-state index contributed by atoms with van der Waals surface area (Å²) in [7, 11) is 0. The number of nitrogens with zero attached hydrogens (tertiary/aromatic N) is 1. The number of rotatable bonds is 9. The van der Waals surface area contributed by atoms with Gasteiger partial charge in [-0.15, -0.1) is 0 Å². The van der Waals surface area contributed by atoms with E-state index in [4.69, 9.17) is 4.42 Å². The third-order valence-electron chi connectivity index (χ3n) is 15.2. The summed E-state index contributed by atoms with van der Waals surface area (Å²) in [4.78, 5) is 2.36. The van der Waals surface area contributed by atoms with Gasteiger partial charge >= 0.3 is 0 Å². The van der Waals surface area contributed by atoms with E-state index in [0.717, 1.165) is 55.7 Å². The van der Waals surface area contributed by atoms with Crippen molar-refractivity contribution >= 4 is 49.8 Å². The van der Waals surface area contributed by atoms with E-state index in [-0.39, 0.29) is 0 Å². The molecule has 0 saturated carbocycles. The summed E-state index contributed by atoms with van der Waals surface area (Å²) >= 11 is 0. The molecule has 0 saturated heterocycles. The molecule has 0 bridgehead atoms. The molecule has 73 heavy (non-hydrogen) atoms. The molecule has 12 aromatic carbocycles. The highest BCUT2D eigenvalue weighted by Gasteiger charge is 2.46. The normalized spacial score (nSPS) is 12.5. The third kappa shape index (κ3) is 7.18. The number of anilines is 3. The summed E-state index contributed by atoms with van der Waals surface area (Å²) in [6.07, 6.45) is 0. The van der Waals surface area contributed by atoms with Crippen LogP contribution in [0.15, 0.2) is 290 Å². The zero-order valence-corrected chi connectivity index (χ0v) is 40.0. The Morgan fingerprint density at radius 1 is 0.260 bits per heavy atom. The van der Waals surface area contributed by atoms with Gasteiger partial charge in [-0.1, -0.05) is 212 Å². The van der Waals surface area contributed by atoms with Crippen molar-refractivity contribution in [3.8, 4) is 55.6 Å². The molecule has 1 aliphatic carbocycles. The molecule has 0 unspecified atom stereocenters. The van der Waals surface area contributed by atoms with E-state index in [0.29, 0.717) is 0 Å². The van der Waals surface area contributed by atoms with Gasteiger partial charge in [-0.05, 0) is 161 Å². The first-order valence-electron chi connectivity index (χ1n) is 25.1. The van der Waals surface area contributed by atoms with Gasteiger partial charge in [-0.3, -0.25) is 0 Å². The first-order chi connectivity index (χ1) is 36.2. The second kappa shape index (κ2) is 17.4. The van der Waals surface area contributed by atoms with Crippen LogP contribution in [0.4, 0.5) is 17.1 Å². The molecule has 0 fully saturated rings. The molecule has 0 radical (unpaired) electrons. The van der Waals surface area contributed by atoms with Gasteiger partial charge in [0, 0.05) is 27.8 Å². The summed E-state index contributed by atoms with van der Waals surface area (Å²) in [6.45, 7) is 0. The van der Waals surface area contributed by atoms with Crippen molar-refractivity contribution in [2.24, 2.45) is 0 Å². The smallest absolute Gasteiger partial charge is 0.136 e. The maximum absolute atomic E-state index is 6.30. The SMILES string of the molecule is c1ccc(C2(c3ccccc3)c3ccccc3-c3ccc(-c4ccc(N(c5ccc(-c6cccc(-c7ccc8ccccc8c7)c6)cc5)c5ccc(-c6ccc7c(c6)oc6ccccc67)cc5)cc4)cc32)cc1. The lowest BCUT2D eigenvalue weighted by molar-refractivity contribution is 0.669. The second-order valence-corrected chi connectivity index (χ2v) is 19.2. The second-order valence-electron chi connectivity index (χ2n) is 19.2. The van der Waals surface area contributed by atoms with Crippen molar-refractivity contribution in [2.75, 3.05) is 4.90 Å². The summed E-state index contributed by atoms with van der Waals surface area (Å²) in [5, 5.41) is 4.76. The van der Waals surface area contributed by atoms with Crippen LogP contribution in [0, 0.1) is 0 Å². The Bertz CT molecular complexity index is 4130. The summed E-state index contributed by atoms with van der Waals surface area (Å²) in [6, 6.07) is 104. The molecule has 0 spiro atoms. The monoisotopic (exact) mass is 929 g/mol. The average Bonchev–Trinajstić information content (AvgIpc) is 4.01. The lowest BCUT2D eigenvalue weighted by atomic mass is 9.67. The van der Waals surface area contributed by atoms with Crippen LogP contribution >= 0.6 is 0 Å². The number of hydrogen-bond acceptors (Lipinski definition) is 2. The Kier molecular flexibility index (Phi) is 10.1. The van der Waals surface area contributed by atoms with Gasteiger partial charge in [-0.2, -0.15) is 0 Å². The van der Waals surface area contributed by atoms with Crippen molar-refractivity contribution in [1.29, 1.82) is 0 Å². The maximum atomic E-state index is 6.30. The van der Waals surface area contributed by atoms with Gasteiger partial charge in [0.05, 0.1) is 5.41 Å². The molecule has 2 heteroatoms. The van der Waals surface area contributed by atoms with Crippen molar-refractivity contribution < 1.29 is 4.42 Å². The lowest BCUT2D eigenvalue weighted by Gasteiger charge is -2.34. The Hall–Kier alpha value is -9.50. The highest BCUT2D eigenvalue weighted by atomic mass is 16.3. The van der Waals surface area contributed by atoms with Crippen LogP contribution in [0.2, 0.25) is 0 Å². The first kappa shape index (κ1) is 42.4. The molecule has 0 amide bonds. The summed E-state index contributed by atoms with van der Waals surface area (Å²) < 4.78 is 6.30. The van der Waals surface area contributed by atoms with E-state index in [1.54, 1.807) is 0 Å². The lowest BCUT2D eigenvalue weighted by Crippen LogP contribution is -2.28. The quantitative estimate of drug-likeness (QED) is 0.143. The summed E-state index contributed by atoms with van der Waals surface area (Å²) in [5.41, 5.74) is 21.6. The fourth-order valence-corrected chi connectivity index (χ4v) is 11.6. The van der Waals surface area contributed by atoms with E-state index in [1.807, 2.05) is 12.1 Å². The molecular weight excluding hydrogens is 883 g/mol. The standard InChI is InChI=1S/C71H47NO/c1-3-18-58(19-4-1)71(59-20-5-2-6-21-59)67-24-11-9-22-63(67)64-42-34-56(46-68(64)71)50-30-38-61(39-31-50)72(62-40-32-51(33-41-62)57-35-43-66-65-23-10-12-25-69(65)73-70(66)47-57)60-36-28-49(29-37-60)53-16-13-17-54(44-53)55-27-26-48-14-7-8-15-52(48)45-55/h1-47H. The predicted molar refractivity (Wildman–Crippen MR) is 305 cm³/mol. The van der Waals surface area contributed by atoms with Crippen LogP contribution in [0.3, 0.4) is 0 Å². The average molecular weight is 930 g/mol. The van der Waals surface area contributed by atoms with Crippen LogP contribution in [0.25, 0.3) is 88.3 Å². The van der Waals surface area contributed by atoms with Crippen molar-refractivity contribution in [3.63, 3.8) is 0 Å². The number of furan rings is 1. The fourth-order valence-electron chi connectivity index (χ4n) is 11.6. The van der Waals surface area contributed by atoms with Gasteiger partial charge < -0.3 is 9.32 Å². The molecule has 0 aliphatic heterocycles. The maximum Gasteiger partial charge on any atom is 0.136 e. The van der Waals surface area contributed by atoms with E-state index in [2.05, 4.69) is 278 Å². The van der Waals surface area contributed by atoms with Gasteiger partial charge in [0.2, 0.25) is 0 Å². The fraction of sp³-hybridized carbons (Fsp3) is 0.0141. The zero-order chi connectivity index (χ0) is 48.3. The minimum absolute atomic E-state index is 0.463. The molecule has 0 N–H and O–H groups in total. The molecule has 1 heterocycles. The van der Waals surface area contributed by atoms with E-state index in [1.165, 1.54) is 72.0 Å². The zero-order valence-electron chi connectivity index (χ0n) is 40.0. The van der Waals surface area contributed by atoms with E-state index >= 15 is 0 Å². The van der Waals surface area contributed by atoms with Gasteiger partial charge in [0.1, 0.15) is 11.2 Å². The third-order valence-corrected chi connectivity index (χ3v) is 15.2. The Morgan fingerprint density at radius 3 is 1.40 bits per heavy atom. The van der Waals surface area contributed by atoms with Crippen molar-refractivity contribution in [1.82, 2.24) is 0 Å². The van der Waals surface area contributed by atoms with E-state index in [9.17, 15) is 0 Å². The number of fused-ring (bicyclic) bond motifs is 7. The Labute approximate surface area is 425 Å². The van der Waals surface area contributed by atoms with Crippen LogP contribution in [0.1, 0.15) is 22.3 Å². The molecule has 342 valence electrons. The summed E-state index contributed by atoms with van der Waals surface area (Å²) in [5.74, 6) is 0. The highest BCUT2D eigenvalue weighted by molar-refractivity contribution is 6.06. The predicted octanol–water partition coefficient (Wildman–Crippen LogP) is 19.2. The van der Waals surface area contributed by atoms with Crippen molar-refractivity contribution in [2.45, 2.75) is 5.41 Å². The molecular formula is C71H47NO. The highest BCUT2D eigenvalue weighted by Crippen LogP contribution is 2.57. The topological polar surface area (TPSA) is 16.4 Å².